The van der Waals surface area contributed by atoms with Crippen LogP contribution in [0.5, 0.6) is 0 Å². The molecule has 0 bridgehead atoms. The van der Waals surface area contributed by atoms with E-state index in [1.165, 1.54) is 24.1 Å². The standard InChI is InChI=1S/C25H29ClF3N7O2.C6H8F2N2O/c1-6-20(37)35-10-14(11-35)32-23(38)21-13(2)31-19(36(21)12-25(27,28)29)9-30-22-15-7-16(24(3,4)5)17(26)8-18(15)33-34-22;1-4-2-10(6(7)8)5(3-11)9-4/h6-8,14H,1,9-12H2,2-5H3,(H,32,38)(H2,30,33,34);2,6,11H,3H2,1H3. The number of carbonyl (C=O) groups is 2. The fourth-order valence-corrected chi connectivity index (χ4v) is 5.74. The number of nitrogens with one attached hydrogen (secondary N) is 3. The predicted octanol–water partition coefficient (Wildman–Crippen LogP) is 5.40. The molecule has 0 unspecified atom stereocenters. The lowest BCUT2D eigenvalue weighted by atomic mass is 9.86. The number of rotatable bonds is 9. The summed E-state index contributed by atoms with van der Waals surface area (Å²) in [6.45, 7) is 8.49. The zero-order chi connectivity index (χ0) is 36.4. The van der Waals surface area contributed by atoms with Gasteiger partial charge in [0.25, 0.3) is 5.91 Å². The first kappa shape index (κ1) is 37.3. The molecule has 4 N–H and O–H groups in total. The number of nitrogens with zero attached hydrogens (tertiary/aromatic N) is 6. The molecule has 0 radical (unpaired) electrons. The largest absolute Gasteiger partial charge is 0.406 e. The molecule has 1 aromatic carbocycles. The Morgan fingerprint density at radius 2 is 1.84 bits per heavy atom. The summed E-state index contributed by atoms with van der Waals surface area (Å²) in [5.74, 6) is -0.504. The number of halogens is 6. The first-order valence-corrected chi connectivity index (χ1v) is 15.4. The maximum Gasteiger partial charge on any atom is 0.406 e. The van der Waals surface area contributed by atoms with E-state index in [-0.39, 0.29) is 60.0 Å². The Morgan fingerprint density at radius 3 is 2.39 bits per heavy atom. The lowest BCUT2D eigenvalue weighted by Crippen LogP contribution is -2.60. The SMILES string of the molecule is C=CC(=O)N1CC(NC(=O)c2c(C)nc(CNc3n[nH]c4cc(Cl)c(C(C)(C)C)cc34)n2CC(F)(F)F)C1.Cc1cn(C(F)F)c(CO)n1. The highest BCUT2D eigenvalue weighted by Crippen LogP contribution is 2.35. The normalized spacial score (nSPS) is 13.7. The molecule has 0 spiro atoms. The number of aryl methyl sites for hydroxylation is 2. The van der Waals surface area contributed by atoms with Gasteiger partial charge < -0.3 is 25.2 Å². The number of hydrogen-bond acceptors (Lipinski definition) is 7. The van der Waals surface area contributed by atoms with E-state index in [4.69, 9.17) is 16.7 Å². The second kappa shape index (κ2) is 14.5. The molecule has 49 heavy (non-hydrogen) atoms. The average molecular weight is 714 g/mol. The Kier molecular flexibility index (Phi) is 11.1. The van der Waals surface area contributed by atoms with E-state index in [9.17, 15) is 31.5 Å². The van der Waals surface area contributed by atoms with E-state index in [0.717, 1.165) is 15.5 Å². The van der Waals surface area contributed by atoms with Crippen molar-refractivity contribution in [3.63, 3.8) is 0 Å². The van der Waals surface area contributed by atoms with Crippen molar-refractivity contribution < 1.29 is 36.6 Å². The van der Waals surface area contributed by atoms with E-state index in [1.807, 2.05) is 26.8 Å². The maximum absolute atomic E-state index is 13.5. The van der Waals surface area contributed by atoms with Crippen LogP contribution in [0, 0.1) is 13.8 Å². The number of amides is 2. The van der Waals surface area contributed by atoms with Crippen molar-refractivity contribution >= 4 is 40.1 Å². The van der Waals surface area contributed by atoms with Crippen LogP contribution in [-0.4, -0.2) is 76.4 Å². The minimum absolute atomic E-state index is 0.00231. The average Bonchev–Trinajstić information content (AvgIpc) is 3.65. The monoisotopic (exact) mass is 713 g/mol. The van der Waals surface area contributed by atoms with Gasteiger partial charge in [0, 0.05) is 29.7 Å². The number of anilines is 1. The molecule has 1 aliphatic rings. The van der Waals surface area contributed by atoms with Crippen LogP contribution in [0.25, 0.3) is 10.9 Å². The van der Waals surface area contributed by atoms with Crippen molar-refractivity contribution in [1.29, 1.82) is 0 Å². The van der Waals surface area contributed by atoms with Crippen molar-refractivity contribution in [3.05, 3.63) is 70.3 Å². The summed E-state index contributed by atoms with van der Waals surface area (Å²) in [4.78, 5) is 34.1. The molecule has 1 fully saturated rings. The van der Waals surface area contributed by atoms with Crippen molar-refractivity contribution in [3.8, 4) is 0 Å². The molecule has 1 saturated heterocycles. The minimum atomic E-state index is -4.59. The molecule has 4 heterocycles. The van der Waals surface area contributed by atoms with E-state index in [1.54, 1.807) is 13.0 Å². The maximum atomic E-state index is 13.5. The van der Waals surface area contributed by atoms with Gasteiger partial charge >= 0.3 is 12.7 Å². The summed E-state index contributed by atoms with van der Waals surface area (Å²) in [5, 5.41) is 22.8. The summed E-state index contributed by atoms with van der Waals surface area (Å²) in [6.07, 6.45) is -2.21. The number of aromatic amines is 1. The van der Waals surface area contributed by atoms with Crippen molar-refractivity contribution in [2.75, 3.05) is 18.4 Å². The quantitative estimate of drug-likeness (QED) is 0.134. The van der Waals surface area contributed by atoms with Gasteiger partial charge in [0.2, 0.25) is 5.91 Å². The van der Waals surface area contributed by atoms with Gasteiger partial charge in [-0.25, -0.2) is 9.97 Å². The fraction of sp³-hybridized carbons (Fsp3) is 0.452. The number of aliphatic hydroxyl groups is 1. The minimum Gasteiger partial charge on any atom is -0.388 e. The Bertz CT molecular complexity index is 1840. The van der Waals surface area contributed by atoms with Gasteiger partial charge in [-0.1, -0.05) is 39.0 Å². The van der Waals surface area contributed by atoms with Crippen LogP contribution in [0.1, 0.15) is 66.4 Å². The Labute approximate surface area is 283 Å². The molecule has 18 heteroatoms. The molecule has 2 amide bonds. The summed E-state index contributed by atoms with van der Waals surface area (Å²) in [6, 6.07) is 3.28. The van der Waals surface area contributed by atoms with Gasteiger partial charge in [-0.2, -0.15) is 27.1 Å². The van der Waals surface area contributed by atoms with Crippen LogP contribution in [-0.2, 0) is 29.9 Å². The molecule has 1 aliphatic heterocycles. The Balaban J connectivity index is 0.000000418. The molecule has 5 rings (SSSR count). The highest BCUT2D eigenvalue weighted by Gasteiger charge is 2.35. The summed E-state index contributed by atoms with van der Waals surface area (Å²) in [5.41, 5.74) is 1.79. The van der Waals surface area contributed by atoms with Crippen molar-refractivity contribution in [2.45, 2.75) is 78.5 Å². The lowest BCUT2D eigenvalue weighted by molar-refractivity contribution is -0.141. The third kappa shape index (κ3) is 8.75. The van der Waals surface area contributed by atoms with Crippen LogP contribution in [0.3, 0.4) is 0 Å². The van der Waals surface area contributed by atoms with Crippen LogP contribution in [0.2, 0.25) is 5.02 Å². The summed E-state index contributed by atoms with van der Waals surface area (Å²) >= 11 is 6.43. The van der Waals surface area contributed by atoms with Gasteiger partial charge in [-0.05, 0) is 43.0 Å². The molecule has 4 aromatic rings. The van der Waals surface area contributed by atoms with E-state index < -0.39 is 31.8 Å². The number of aliphatic hydroxyl groups excluding tert-OH is 1. The molecule has 0 saturated carbocycles. The van der Waals surface area contributed by atoms with Gasteiger partial charge in [0.05, 0.1) is 29.5 Å². The Morgan fingerprint density at radius 1 is 1.16 bits per heavy atom. The highest BCUT2D eigenvalue weighted by molar-refractivity contribution is 6.32. The highest BCUT2D eigenvalue weighted by atomic mass is 35.5. The predicted molar refractivity (Wildman–Crippen MR) is 172 cm³/mol. The summed E-state index contributed by atoms with van der Waals surface area (Å²) < 4.78 is 66.2. The van der Waals surface area contributed by atoms with Gasteiger partial charge in [0.1, 0.15) is 30.5 Å². The molecule has 266 valence electrons. The van der Waals surface area contributed by atoms with Crippen LogP contribution in [0.15, 0.2) is 31.0 Å². The fourth-order valence-electron chi connectivity index (χ4n) is 5.30. The van der Waals surface area contributed by atoms with Crippen LogP contribution >= 0.6 is 11.6 Å². The van der Waals surface area contributed by atoms with Crippen molar-refractivity contribution in [1.82, 2.24) is 39.5 Å². The summed E-state index contributed by atoms with van der Waals surface area (Å²) in [7, 11) is 0. The lowest BCUT2D eigenvalue weighted by Gasteiger charge is -2.38. The molecule has 3 aromatic heterocycles. The molecule has 12 nitrogen and oxygen atoms in total. The van der Waals surface area contributed by atoms with E-state index in [0.29, 0.717) is 26.6 Å². The van der Waals surface area contributed by atoms with Gasteiger partial charge in [-0.3, -0.25) is 19.3 Å². The zero-order valence-electron chi connectivity index (χ0n) is 27.4. The second-order valence-corrected chi connectivity index (χ2v) is 12.9. The molecule has 0 atom stereocenters. The zero-order valence-corrected chi connectivity index (χ0v) is 28.2. The van der Waals surface area contributed by atoms with Crippen LogP contribution in [0.4, 0.5) is 27.8 Å². The molecule has 0 aliphatic carbocycles. The second-order valence-electron chi connectivity index (χ2n) is 12.5. The van der Waals surface area contributed by atoms with Gasteiger partial charge in [0.15, 0.2) is 5.82 Å². The number of fused-ring (bicyclic) bond motifs is 1. The smallest absolute Gasteiger partial charge is 0.388 e. The topological polar surface area (TPSA) is 146 Å². The van der Waals surface area contributed by atoms with Crippen LogP contribution < -0.4 is 10.6 Å². The number of carbonyl (C=O) groups excluding carboxylic acids is 2. The van der Waals surface area contributed by atoms with Gasteiger partial charge in [-0.15, -0.1) is 0 Å². The number of aromatic nitrogens is 6. The first-order valence-electron chi connectivity index (χ1n) is 15.0. The number of H-pyrrole nitrogens is 1. The van der Waals surface area contributed by atoms with Crippen molar-refractivity contribution in [2.24, 2.45) is 0 Å². The first-order chi connectivity index (χ1) is 22.8. The number of hydrogen-bond donors (Lipinski definition) is 4. The third-order valence-electron chi connectivity index (χ3n) is 7.63. The molecular weight excluding hydrogens is 677 g/mol. The third-order valence-corrected chi connectivity index (χ3v) is 7.94. The number of alkyl halides is 5. The number of likely N-dealkylation sites (tertiary alicyclic amines) is 1. The number of benzene rings is 1. The molecular formula is C31H37ClF5N9O3. The number of imidazole rings is 2. The van der Waals surface area contributed by atoms with E-state index >= 15 is 0 Å². The van der Waals surface area contributed by atoms with E-state index in [2.05, 4.69) is 37.4 Å². The Hall–Kier alpha value is -4.51.